The van der Waals surface area contributed by atoms with Crippen molar-refractivity contribution >= 4 is 0 Å². The van der Waals surface area contributed by atoms with Gasteiger partial charge in [0.15, 0.2) is 0 Å². The molecule has 0 amide bonds. The highest BCUT2D eigenvalue weighted by atomic mass is 15.3. The lowest BCUT2D eigenvalue weighted by atomic mass is 10.2. The summed E-state index contributed by atoms with van der Waals surface area (Å²) in [7, 11) is 0. The zero-order valence-electron chi connectivity index (χ0n) is 8.58. The van der Waals surface area contributed by atoms with Crippen LogP contribution in [0.1, 0.15) is 31.2 Å². The molecule has 0 unspecified atom stereocenters. The number of rotatable bonds is 5. The second-order valence-electron chi connectivity index (χ2n) is 3.39. The highest BCUT2D eigenvalue weighted by molar-refractivity contribution is 5.09. The van der Waals surface area contributed by atoms with E-state index in [1.54, 1.807) is 0 Å². The molecule has 74 valence electrons. The lowest BCUT2D eigenvalue weighted by molar-refractivity contribution is 0.545. The second kappa shape index (κ2) is 5.02. The third-order valence-corrected chi connectivity index (χ3v) is 2.11. The Morgan fingerprint density at radius 3 is 2.92 bits per heavy atom. The normalized spacial score (nSPS) is 10.7. The van der Waals surface area contributed by atoms with Gasteiger partial charge in [-0.15, -0.1) is 0 Å². The van der Waals surface area contributed by atoms with Crippen molar-refractivity contribution in [1.29, 1.82) is 0 Å². The monoisotopic (exact) mass is 181 g/mol. The number of nitrogens with two attached hydrogens (primary N) is 1. The Morgan fingerprint density at radius 2 is 2.31 bits per heavy atom. The molecule has 13 heavy (non-hydrogen) atoms. The Hall–Kier alpha value is -0.830. The van der Waals surface area contributed by atoms with Crippen molar-refractivity contribution in [2.24, 2.45) is 5.73 Å². The van der Waals surface area contributed by atoms with Crippen LogP contribution in [-0.2, 0) is 13.0 Å². The van der Waals surface area contributed by atoms with Gasteiger partial charge in [0, 0.05) is 18.7 Å². The number of unbranched alkanes of at least 4 members (excludes halogenated alkanes) is 1. The molecule has 1 heterocycles. The van der Waals surface area contributed by atoms with Gasteiger partial charge in [0.1, 0.15) is 0 Å². The van der Waals surface area contributed by atoms with Gasteiger partial charge in [-0.2, -0.15) is 5.10 Å². The van der Waals surface area contributed by atoms with Crippen molar-refractivity contribution in [2.45, 2.75) is 39.7 Å². The van der Waals surface area contributed by atoms with Crippen molar-refractivity contribution < 1.29 is 0 Å². The van der Waals surface area contributed by atoms with E-state index in [1.807, 2.05) is 6.92 Å². The largest absolute Gasteiger partial charge is 0.330 e. The molecule has 0 radical (unpaired) electrons. The predicted molar refractivity (Wildman–Crippen MR) is 54.6 cm³/mol. The average Bonchev–Trinajstić information content (AvgIpc) is 2.44. The molecule has 3 heteroatoms. The fourth-order valence-corrected chi connectivity index (χ4v) is 1.45. The smallest absolute Gasteiger partial charge is 0.0596 e. The summed E-state index contributed by atoms with van der Waals surface area (Å²) in [6, 6.07) is 2.13. The number of nitrogens with zero attached hydrogens (tertiary/aromatic N) is 2. The van der Waals surface area contributed by atoms with Crippen LogP contribution < -0.4 is 5.73 Å². The van der Waals surface area contributed by atoms with E-state index in [4.69, 9.17) is 5.73 Å². The molecule has 0 aromatic carbocycles. The number of hydrogen-bond acceptors (Lipinski definition) is 2. The van der Waals surface area contributed by atoms with Gasteiger partial charge in [0.05, 0.1) is 5.69 Å². The Kier molecular flexibility index (Phi) is 3.96. The van der Waals surface area contributed by atoms with E-state index in [0.717, 1.165) is 18.7 Å². The summed E-state index contributed by atoms with van der Waals surface area (Å²) in [6.07, 6.45) is 3.34. The fraction of sp³-hybridized carbons (Fsp3) is 0.700. The van der Waals surface area contributed by atoms with Crippen LogP contribution >= 0.6 is 0 Å². The van der Waals surface area contributed by atoms with Crippen LogP contribution in [0, 0.1) is 6.92 Å². The van der Waals surface area contributed by atoms with Gasteiger partial charge in [-0.1, -0.05) is 13.3 Å². The molecule has 1 aromatic rings. The molecule has 0 saturated carbocycles. The summed E-state index contributed by atoms with van der Waals surface area (Å²) < 4.78 is 2.09. The quantitative estimate of drug-likeness (QED) is 0.748. The molecule has 0 bridgehead atoms. The van der Waals surface area contributed by atoms with Gasteiger partial charge in [-0.05, 0) is 26.0 Å². The van der Waals surface area contributed by atoms with Crippen LogP contribution in [0.25, 0.3) is 0 Å². The first-order chi connectivity index (χ1) is 6.27. The highest BCUT2D eigenvalue weighted by Crippen LogP contribution is 2.05. The summed E-state index contributed by atoms with van der Waals surface area (Å²) in [5.74, 6) is 0. The van der Waals surface area contributed by atoms with Gasteiger partial charge in [-0.3, -0.25) is 4.68 Å². The lowest BCUT2D eigenvalue weighted by Gasteiger charge is -2.04. The minimum atomic E-state index is 0.706. The van der Waals surface area contributed by atoms with Crippen molar-refractivity contribution in [2.75, 3.05) is 6.54 Å². The molecule has 1 rings (SSSR count). The molecule has 0 fully saturated rings. The Balaban J connectivity index is 2.66. The van der Waals surface area contributed by atoms with Gasteiger partial charge < -0.3 is 5.73 Å². The summed E-state index contributed by atoms with van der Waals surface area (Å²) in [4.78, 5) is 0. The molecule has 0 saturated heterocycles. The average molecular weight is 181 g/mol. The molecule has 0 spiro atoms. The Labute approximate surface area is 79.9 Å². The molecule has 2 N–H and O–H groups in total. The van der Waals surface area contributed by atoms with E-state index in [9.17, 15) is 0 Å². The summed E-state index contributed by atoms with van der Waals surface area (Å²) in [6.45, 7) is 5.96. The van der Waals surface area contributed by atoms with Gasteiger partial charge in [0.25, 0.3) is 0 Å². The van der Waals surface area contributed by atoms with E-state index >= 15 is 0 Å². The highest BCUT2D eigenvalue weighted by Gasteiger charge is 2.03. The molecule has 0 aliphatic heterocycles. The molecule has 3 nitrogen and oxygen atoms in total. The topological polar surface area (TPSA) is 43.8 Å². The van der Waals surface area contributed by atoms with Crippen LogP contribution in [0.4, 0.5) is 0 Å². The maximum absolute atomic E-state index is 5.53. The minimum absolute atomic E-state index is 0.706. The Bertz CT molecular complexity index is 253. The van der Waals surface area contributed by atoms with E-state index < -0.39 is 0 Å². The van der Waals surface area contributed by atoms with E-state index in [1.165, 1.54) is 18.5 Å². The van der Waals surface area contributed by atoms with E-state index in [2.05, 4.69) is 22.8 Å². The van der Waals surface area contributed by atoms with Crippen molar-refractivity contribution in [3.63, 3.8) is 0 Å². The number of hydrogen-bond donors (Lipinski definition) is 1. The zero-order chi connectivity index (χ0) is 9.68. The summed E-state index contributed by atoms with van der Waals surface area (Å²) in [5, 5.41) is 4.43. The van der Waals surface area contributed by atoms with E-state index in [-0.39, 0.29) is 0 Å². The molecular formula is C10H19N3. The van der Waals surface area contributed by atoms with Crippen LogP contribution in [0.5, 0.6) is 0 Å². The molecule has 0 atom stereocenters. The number of aryl methyl sites for hydroxylation is 2. The van der Waals surface area contributed by atoms with Crippen molar-refractivity contribution in [1.82, 2.24) is 9.78 Å². The molecule has 0 aliphatic carbocycles. The minimum Gasteiger partial charge on any atom is -0.330 e. The van der Waals surface area contributed by atoms with Crippen LogP contribution in [0.3, 0.4) is 0 Å². The first kappa shape index (κ1) is 10.3. The molecular weight excluding hydrogens is 162 g/mol. The maximum Gasteiger partial charge on any atom is 0.0596 e. The number of aromatic nitrogens is 2. The SMILES string of the molecule is CCCCn1nc(C)cc1CCN. The molecule has 1 aromatic heterocycles. The van der Waals surface area contributed by atoms with Gasteiger partial charge in [-0.25, -0.2) is 0 Å². The standard InChI is InChI=1S/C10H19N3/c1-3-4-7-13-10(5-6-11)8-9(2)12-13/h8H,3-7,11H2,1-2H3. The predicted octanol–water partition coefficient (Wildman–Crippen LogP) is 1.49. The fourth-order valence-electron chi connectivity index (χ4n) is 1.45. The Morgan fingerprint density at radius 1 is 1.54 bits per heavy atom. The first-order valence-corrected chi connectivity index (χ1v) is 5.01. The first-order valence-electron chi connectivity index (χ1n) is 5.01. The van der Waals surface area contributed by atoms with Crippen molar-refractivity contribution in [3.8, 4) is 0 Å². The van der Waals surface area contributed by atoms with Crippen LogP contribution in [0.15, 0.2) is 6.07 Å². The third kappa shape index (κ3) is 2.84. The summed E-state index contributed by atoms with van der Waals surface area (Å²) >= 11 is 0. The zero-order valence-corrected chi connectivity index (χ0v) is 8.58. The van der Waals surface area contributed by atoms with Crippen LogP contribution in [-0.4, -0.2) is 16.3 Å². The third-order valence-electron chi connectivity index (χ3n) is 2.11. The van der Waals surface area contributed by atoms with E-state index in [0.29, 0.717) is 6.54 Å². The molecule has 0 aliphatic rings. The van der Waals surface area contributed by atoms with Gasteiger partial charge >= 0.3 is 0 Å². The lowest BCUT2D eigenvalue weighted by Crippen LogP contribution is -2.10. The van der Waals surface area contributed by atoms with Gasteiger partial charge in [0.2, 0.25) is 0 Å². The maximum atomic E-state index is 5.53. The van der Waals surface area contributed by atoms with Crippen LogP contribution in [0.2, 0.25) is 0 Å². The summed E-state index contributed by atoms with van der Waals surface area (Å²) in [5.41, 5.74) is 7.89. The van der Waals surface area contributed by atoms with Crippen molar-refractivity contribution in [3.05, 3.63) is 17.5 Å². The second-order valence-corrected chi connectivity index (χ2v) is 3.39.